The highest BCUT2D eigenvalue weighted by atomic mass is 19.4. The van der Waals surface area contributed by atoms with Crippen molar-refractivity contribution in [3.05, 3.63) is 41.0 Å². The summed E-state index contributed by atoms with van der Waals surface area (Å²) in [5, 5.41) is 9.41. The Morgan fingerprint density at radius 2 is 1.25 bits per heavy atom. The second kappa shape index (κ2) is 5.12. The van der Waals surface area contributed by atoms with E-state index in [1.807, 2.05) is 0 Å². The molecule has 0 fully saturated rings. The van der Waals surface area contributed by atoms with Gasteiger partial charge in [0, 0.05) is 0 Å². The molecule has 1 nitrogen and oxygen atoms in total. The smallest absolute Gasteiger partial charge is 0.386 e. The van der Waals surface area contributed by atoms with Crippen LogP contribution in [0.4, 0.5) is 26.3 Å². The number of hydrogen-bond donors (Lipinski definition) is 1. The fraction of sp³-hybridized carbons (Fsp3) is 0.385. The van der Waals surface area contributed by atoms with Crippen LogP contribution in [0.2, 0.25) is 0 Å². The van der Waals surface area contributed by atoms with Crippen LogP contribution in [0.5, 0.6) is 0 Å². The second-order valence-electron chi connectivity index (χ2n) is 4.83. The summed E-state index contributed by atoms with van der Waals surface area (Å²) in [5.41, 5.74) is -4.40. The molecule has 0 radical (unpaired) electrons. The van der Waals surface area contributed by atoms with E-state index in [-0.39, 0.29) is 11.6 Å². The van der Waals surface area contributed by atoms with Crippen molar-refractivity contribution >= 4 is 6.08 Å². The Labute approximate surface area is 111 Å². The molecule has 20 heavy (non-hydrogen) atoms. The predicted molar refractivity (Wildman–Crippen MR) is 61.8 cm³/mol. The molecule has 0 aliphatic heterocycles. The maximum atomic E-state index is 12.6. The molecule has 0 saturated carbocycles. The van der Waals surface area contributed by atoms with Gasteiger partial charge in [0.25, 0.3) is 0 Å². The van der Waals surface area contributed by atoms with Gasteiger partial charge in [-0.15, -0.1) is 0 Å². The molecular formula is C13H12F6O. The van der Waals surface area contributed by atoms with Gasteiger partial charge in [0.05, 0.1) is 16.7 Å². The van der Waals surface area contributed by atoms with Gasteiger partial charge in [-0.1, -0.05) is 12.2 Å². The fourth-order valence-corrected chi connectivity index (χ4v) is 1.38. The highest BCUT2D eigenvalue weighted by Crippen LogP contribution is 2.36. The van der Waals surface area contributed by atoms with Gasteiger partial charge in [-0.2, -0.15) is 26.3 Å². The molecule has 1 aromatic rings. The van der Waals surface area contributed by atoms with Crippen LogP contribution in [-0.2, 0) is 12.4 Å². The topological polar surface area (TPSA) is 20.2 Å². The lowest BCUT2D eigenvalue weighted by molar-refractivity contribution is -0.143. The SMILES string of the molecule is CC(C)(O)/C=C/c1cc(C(F)(F)F)cc(C(F)(F)F)c1. The number of hydrogen-bond acceptors (Lipinski definition) is 1. The van der Waals surface area contributed by atoms with Crippen LogP contribution in [0.25, 0.3) is 6.08 Å². The third-order valence-corrected chi connectivity index (χ3v) is 2.29. The maximum Gasteiger partial charge on any atom is 0.416 e. The van der Waals surface area contributed by atoms with Crippen molar-refractivity contribution in [2.45, 2.75) is 31.8 Å². The molecule has 0 aliphatic carbocycles. The Morgan fingerprint density at radius 3 is 1.55 bits per heavy atom. The largest absolute Gasteiger partial charge is 0.416 e. The zero-order valence-corrected chi connectivity index (χ0v) is 10.6. The molecule has 1 rings (SSSR count). The Balaban J connectivity index is 3.35. The molecule has 0 saturated heterocycles. The van der Waals surface area contributed by atoms with Crippen molar-refractivity contribution in [3.8, 4) is 0 Å². The van der Waals surface area contributed by atoms with Crippen molar-refractivity contribution in [3.63, 3.8) is 0 Å². The number of rotatable bonds is 2. The normalized spacial score (nSPS) is 14.1. The average Bonchev–Trinajstić information content (AvgIpc) is 2.22. The maximum absolute atomic E-state index is 12.6. The van der Waals surface area contributed by atoms with E-state index in [2.05, 4.69) is 0 Å². The Kier molecular flexibility index (Phi) is 4.24. The molecule has 1 N–H and O–H groups in total. The van der Waals surface area contributed by atoms with E-state index in [4.69, 9.17) is 0 Å². The van der Waals surface area contributed by atoms with Crippen LogP contribution in [-0.4, -0.2) is 10.7 Å². The molecule has 0 spiro atoms. The quantitative estimate of drug-likeness (QED) is 0.797. The van der Waals surface area contributed by atoms with Crippen molar-refractivity contribution < 1.29 is 31.4 Å². The second-order valence-corrected chi connectivity index (χ2v) is 4.83. The monoisotopic (exact) mass is 298 g/mol. The van der Waals surface area contributed by atoms with Crippen LogP contribution in [0.3, 0.4) is 0 Å². The molecule has 0 unspecified atom stereocenters. The third kappa shape index (κ3) is 4.88. The van der Waals surface area contributed by atoms with Crippen molar-refractivity contribution in [1.29, 1.82) is 0 Å². The van der Waals surface area contributed by atoms with Crippen LogP contribution in [0, 0.1) is 0 Å². The number of aliphatic hydroxyl groups is 1. The Bertz CT molecular complexity index is 473. The molecule has 0 amide bonds. The molecular weight excluding hydrogens is 286 g/mol. The summed E-state index contributed by atoms with van der Waals surface area (Å²) in [4.78, 5) is 0. The molecule has 0 atom stereocenters. The highest BCUT2D eigenvalue weighted by Gasteiger charge is 2.36. The zero-order chi connectivity index (χ0) is 15.8. The lowest BCUT2D eigenvalue weighted by Gasteiger charge is -2.14. The summed E-state index contributed by atoms with van der Waals surface area (Å²) >= 11 is 0. The first-order valence-electron chi connectivity index (χ1n) is 5.50. The van der Waals surface area contributed by atoms with E-state index in [0.717, 1.165) is 12.2 Å². The van der Waals surface area contributed by atoms with Crippen LogP contribution in [0.1, 0.15) is 30.5 Å². The summed E-state index contributed by atoms with van der Waals surface area (Å²) in [6.45, 7) is 2.70. The van der Waals surface area contributed by atoms with Gasteiger partial charge < -0.3 is 5.11 Å². The van der Waals surface area contributed by atoms with Crippen molar-refractivity contribution in [2.75, 3.05) is 0 Å². The fourth-order valence-electron chi connectivity index (χ4n) is 1.38. The number of benzene rings is 1. The van der Waals surface area contributed by atoms with Gasteiger partial charge in [0.2, 0.25) is 0 Å². The van der Waals surface area contributed by atoms with Crippen LogP contribution in [0.15, 0.2) is 24.3 Å². The first-order chi connectivity index (χ1) is 8.79. The van der Waals surface area contributed by atoms with Gasteiger partial charge in [-0.25, -0.2) is 0 Å². The summed E-state index contributed by atoms with van der Waals surface area (Å²) in [5.74, 6) is 0. The molecule has 112 valence electrons. The Morgan fingerprint density at radius 1 is 0.850 bits per heavy atom. The number of alkyl halides is 6. The minimum absolute atomic E-state index is 0.0570. The van der Waals surface area contributed by atoms with E-state index in [0.29, 0.717) is 12.1 Å². The molecule has 0 aromatic heterocycles. The van der Waals surface area contributed by atoms with E-state index < -0.39 is 29.1 Å². The van der Waals surface area contributed by atoms with Gasteiger partial charge in [-0.3, -0.25) is 0 Å². The van der Waals surface area contributed by atoms with Crippen LogP contribution < -0.4 is 0 Å². The molecule has 0 bridgehead atoms. The molecule has 1 aromatic carbocycles. The number of halogens is 6. The highest BCUT2D eigenvalue weighted by molar-refractivity contribution is 5.54. The first kappa shape index (κ1) is 16.6. The van der Waals surface area contributed by atoms with Crippen LogP contribution >= 0.6 is 0 Å². The summed E-state index contributed by atoms with van der Waals surface area (Å²) in [7, 11) is 0. The zero-order valence-electron chi connectivity index (χ0n) is 10.6. The Hall–Kier alpha value is -1.50. The summed E-state index contributed by atoms with van der Waals surface area (Å²) in [6, 6.07) is 1.25. The van der Waals surface area contributed by atoms with E-state index >= 15 is 0 Å². The third-order valence-electron chi connectivity index (χ3n) is 2.29. The van der Waals surface area contributed by atoms with Crippen molar-refractivity contribution in [2.24, 2.45) is 0 Å². The van der Waals surface area contributed by atoms with Gasteiger partial charge in [-0.05, 0) is 37.6 Å². The molecule has 0 aliphatic rings. The van der Waals surface area contributed by atoms with E-state index in [1.54, 1.807) is 0 Å². The minimum Gasteiger partial charge on any atom is -0.386 e. The average molecular weight is 298 g/mol. The summed E-state index contributed by atoms with van der Waals surface area (Å²) in [6.07, 6.45) is -7.62. The lowest BCUT2D eigenvalue weighted by Crippen LogP contribution is -2.14. The van der Waals surface area contributed by atoms with E-state index in [9.17, 15) is 31.4 Å². The minimum atomic E-state index is -4.88. The van der Waals surface area contributed by atoms with E-state index in [1.165, 1.54) is 13.8 Å². The van der Waals surface area contributed by atoms with Crippen molar-refractivity contribution in [1.82, 2.24) is 0 Å². The molecule has 0 heterocycles. The lowest BCUT2D eigenvalue weighted by atomic mass is 10.0. The van der Waals surface area contributed by atoms with Gasteiger partial charge >= 0.3 is 12.4 Å². The van der Waals surface area contributed by atoms with Gasteiger partial charge in [0.1, 0.15) is 0 Å². The van der Waals surface area contributed by atoms with Gasteiger partial charge in [0.15, 0.2) is 0 Å². The standard InChI is InChI=1S/C13H12F6O/c1-11(2,20)4-3-8-5-9(12(14,15)16)7-10(6-8)13(17,18)19/h3-7,20H,1-2H3/b4-3+. The summed E-state index contributed by atoms with van der Waals surface area (Å²) < 4.78 is 75.4. The predicted octanol–water partition coefficient (Wildman–Crippen LogP) is 4.51. The first-order valence-corrected chi connectivity index (χ1v) is 5.50. The molecule has 7 heteroatoms.